The third-order valence-electron chi connectivity index (χ3n) is 4.43. The molecule has 1 aromatic carbocycles. The number of benzene rings is 1. The normalized spacial score (nSPS) is 11.0. The van der Waals surface area contributed by atoms with E-state index in [1.807, 2.05) is 31.3 Å². The molecule has 0 saturated carbocycles. The van der Waals surface area contributed by atoms with Crippen molar-refractivity contribution in [1.82, 2.24) is 4.98 Å². The third-order valence-corrected chi connectivity index (χ3v) is 4.82. The lowest BCUT2D eigenvalue weighted by Crippen LogP contribution is -2.19. The predicted molar refractivity (Wildman–Crippen MR) is 112 cm³/mol. The molecule has 1 heterocycles. The van der Waals surface area contributed by atoms with Gasteiger partial charge in [-0.2, -0.15) is 0 Å². The molecule has 0 aliphatic rings. The number of anilines is 2. The van der Waals surface area contributed by atoms with Gasteiger partial charge in [0, 0.05) is 18.4 Å². The molecular weight excluding hydrogens is 344 g/mol. The van der Waals surface area contributed by atoms with Crippen molar-refractivity contribution in [3.63, 3.8) is 0 Å². The van der Waals surface area contributed by atoms with Gasteiger partial charge in [0.1, 0.15) is 5.75 Å². The second kappa shape index (κ2) is 10.4. The summed E-state index contributed by atoms with van der Waals surface area (Å²) in [6.45, 7) is 10.1. The molecule has 26 heavy (non-hydrogen) atoms. The number of unbranched alkanes of at least 4 members (excludes halogenated alkanes) is 3. The molecule has 0 aliphatic heterocycles. The Balaban J connectivity index is 2.33. The van der Waals surface area contributed by atoms with Crippen LogP contribution in [0.4, 0.5) is 11.4 Å². The maximum Gasteiger partial charge on any atom is 0.119 e. The van der Waals surface area contributed by atoms with Gasteiger partial charge < -0.3 is 9.64 Å². The van der Waals surface area contributed by atoms with E-state index >= 15 is 0 Å². The van der Waals surface area contributed by atoms with Crippen molar-refractivity contribution >= 4 is 23.0 Å². The Labute approximate surface area is 163 Å². The van der Waals surface area contributed by atoms with Gasteiger partial charge >= 0.3 is 0 Å². The fourth-order valence-electron chi connectivity index (χ4n) is 3.03. The molecule has 0 unspecified atom stereocenters. The standard InChI is InChI=1S/C22H31ClN2O/c1-5-7-8-9-16-25(18-10-12-19(13-11-18)26-6-2)20-14-15-24-22(17(3)4)21(20)23/h10-15,17H,5-9,16H2,1-4H3. The first kappa shape index (κ1) is 20.6. The monoisotopic (exact) mass is 374 g/mol. The maximum atomic E-state index is 6.74. The van der Waals surface area contributed by atoms with Crippen LogP contribution in [-0.4, -0.2) is 18.1 Å². The van der Waals surface area contributed by atoms with Crippen molar-refractivity contribution < 1.29 is 4.74 Å². The Kier molecular flexibility index (Phi) is 8.24. The van der Waals surface area contributed by atoms with Crippen molar-refractivity contribution in [1.29, 1.82) is 0 Å². The van der Waals surface area contributed by atoms with E-state index in [1.165, 1.54) is 19.3 Å². The van der Waals surface area contributed by atoms with E-state index in [-0.39, 0.29) is 0 Å². The molecule has 0 radical (unpaired) electrons. The quantitative estimate of drug-likeness (QED) is 0.419. The first-order valence-electron chi connectivity index (χ1n) is 9.73. The highest BCUT2D eigenvalue weighted by molar-refractivity contribution is 6.34. The molecule has 3 nitrogen and oxygen atoms in total. The fourth-order valence-corrected chi connectivity index (χ4v) is 3.47. The Morgan fingerprint density at radius 1 is 1.04 bits per heavy atom. The molecule has 0 bridgehead atoms. The van der Waals surface area contributed by atoms with Gasteiger partial charge in [0.05, 0.1) is 23.0 Å². The summed E-state index contributed by atoms with van der Waals surface area (Å²) < 4.78 is 5.58. The summed E-state index contributed by atoms with van der Waals surface area (Å²) >= 11 is 6.74. The molecular formula is C22H31ClN2O. The fraction of sp³-hybridized carbons (Fsp3) is 0.500. The van der Waals surface area contributed by atoms with Crippen molar-refractivity contribution in [3.8, 4) is 5.75 Å². The lowest BCUT2D eigenvalue weighted by Gasteiger charge is -2.27. The summed E-state index contributed by atoms with van der Waals surface area (Å²) in [7, 11) is 0. The Hall–Kier alpha value is -1.74. The number of halogens is 1. The van der Waals surface area contributed by atoms with E-state index in [0.717, 1.165) is 40.8 Å². The van der Waals surface area contributed by atoms with E-state index < -0.39 is 0 Å². The minimum atomic E-state index is 0.296. The molecule has 0 saturated heterocycles. The van der Waals surface area contributed by atoms with Crippen LogP contribution in [0.2, 0.25) is 5.02 Å². The van der Waals surface area contributed by atoms with Crippen LogP contribution in [0.25, 0.3) is 0 Å². The molecule has 4 heteroatoms. The second-order valence-corrected chi connectivity index (χ2v) is 7.20. The zero-order valence-corrected chi connectivity index (χ0v) is 17.2. The number of aromatic nitrogens is 1. The molecule has 2 rings (SSSR count). The Bertz CT molecular complexity index is 670. The van der Waals surface area contributed by atoms with E-state index in [0.29, 0.717) is 12.5 Å². The van der Waals surface area contributed by atoms with E-state index in [4.69, 9.17) is 16.3 Å². The van der Waals surface area contributed by atoms with Crippen molar-refractivity contribution in [2.24, 2.45) is 0 Å². The number of hydrogen-bond acceptors (Lipinski definition) is 3. The largest absolute Gasteiger partial charge is 0.494 e. The second-order valence-electron chi connectivity index (χ2n) is 6.82. The minimum Gasteiger partial charge on any atom is -0.494 e. The SMILES string of the molecule is CCCCCCN(c1ccc(OCC)cc1)c1ccnc(C(C)C)c1Cl. The first-order chi connectivity index (χ1) is 12.6. The summed E-state index contributed by atoms with van der Waals surface area (Å²) in [5, 5.41) is 0.756. The van der Waals surface area contributed by atoms with Crippen LogP contribution in [-0.2, 0) is 0 Å². The minimum absolute atomic E-state index is 0.296. The average Bonchev–Trinajstić information content (AvgIpc) is 2.63. The molecule has 0 N–H and O–H groups in total. The van der Waals surface area contributed by atoms with Crippen LogP contribution >= 0.6 is 11.6 Å². The third kappa shape index (κ3) is 5.38. The van der Waals surface area contributed by atoms with Crippen LogP contribution in [0.15, 0.2) is 36.5 Å². The zero-order valence-electron chi connectivity index (χ0n) is 16.5. The zero-order chi connectivity index (χ0) is 18.9. The van der Waals surface area contributed by atoms with Gasteiger partial charge in [-0.15, -0.1) is 0 Å². The highest BCUT2D eigenvalue weighted by Gasteiger charge is 2.17. The number of rotatable bonds is 10. The van der Waals surface area contributed by atoms with Crippen LogP contribution in [0.5, 0.6) is 5.75 Å². The topological polar surface area (TPSA) is 25.4 Å². The summed E-state index contributed by atoms with van der Waals surface area (Å²) in [6, 6.07) is 10.3. The van der Waals surface area contributed by atoms with Crippen LogP contribution in [0, 0.1) is 0 Å². The number of hydrogen-bond donors (Lipinski definition) is 0. The number of pyridine rings is 1. The lowest BCUT2D eigenvalue weighted by molar-refractivity contribution is 0.340. The molecule has 142 valence electrons. The molecule has 0 amide bonds. The predicted octanol–water partition coefficient (Wildman–Crippen LogP) is 6.98. The summed E-state index contributed by atoms with van der Waals surface area (Å²) in [5.74, 6) is 1.19. The smallest absolute Gasteiger partial charge is 0.119 e. The van der Waals surface area contributed by atoms with Gasteiger partial charge in [-0.3, -0.25) is 4.98 Å². The highest BCUT2D eigenvalue weighted by Crippen LogP contribution is 2.36. The summed E-state index contributed by atoms with van der Waals surface area (Å²) in [6.07, 6.45) is 6.72. The van der Waals surface area contributed by atoms with Crippen molar-refractivity contribution in [3.05, 3.63) is 47.2 Å². The highest BCUT2D eigenvalue weighted by atomic mass is 35.5. The Morgan fingerprint density at radius 2 is 1.77 bits per heavy atom. The first-order valence-corrected chi connectivity index (χ1v) is 10.1. The van der Waals surface area contributed by atoms with Gasteiger partial charge in [0.2, 0.25) is 0 Å². The maximum absolute atomic E-state index is 6.74. The molecule has 0 fully saturated rings. The molecule has 0 spiro atoms. The van der Waals surface area contributed by atoms with E-state index in [2.05, 4.69) is 42.8 Å². The summed E-state index contributed by atoms with van der Waals surface area (Å²) in [5.41, 5.74) is 3.12. The molecule has 1 aromatic heterocycles. The van der Waals surface area contributed by atoms with Gasteiger partial charge in [-0.25, -0.2) is 0 Å². The van der Waals surface area contributed by atoms with Crippen LogP contribution in [0.3, 0.4) is 0 Å². The molecule has 2 aromatic rings. The lowest BCUT2D eigenvalue weighted by atomic mass is 10.1. The molecule has 0 atom stereocenters. The summed E-state index contributed by atoms with van der Waals surface area (Å²) in [4.78, 5) is 6.79. The van der Waals surface area contributed by atoms with Crippen LogP contribution < -0.4 is 9.64 Å². The van der Waals surface area contributed by atoms with Crippen LogP contribution in [0.1, 0.15) is 65.0 Å². The van der Waals surface area contributed by atoms with Gasteiger partial charge in [0.25, 0.3) is 0 Å². The average molecular weight is 375 g/mol. The van der Waals surface area contributed by atoms with Crippen molar-refractivity contribution in [2.75, 3.05) is 18.1 Å². The van der Waals surface area contributed by atoms with Crippen molar-refractivity contribution in [2.45, 2.75) is 59.3 Å². The number of nitrogens with zero attached hydrogens (tertiary/aromatic N) is 2. The number of ether oxygens (including phenoxy) is 1. The van der Waals surface area contributed by atoms with Gasteiger partial charge in [-0.1, -0.05) is 51.6 Å². The Morgan fingerprint density at radius 3 is 2.38 bits per heavy atom. The van der Waals surface area contributed by atoms with E-state index in [9.17, 15) is 0 Å². The van der Waals surface area contributed by atoms with E-state index in [1.54, 1.807) is 0 Å². The molecule has 0 aliphatic carbocycles. The van der Waals surface area contributed by atoms with Gasteiger partial charge in [-0.05, 0) is 49.6 Å². The van der Waals surface area contributed by atoms with Gasteiger partial charge in [0.15, 0.2) is 0 Å².